The third kappa shape index (κ3) is 2.46. The summed E-state index contributed by atoms with van der Waals surface area (Å²) in [5, 5.41) is 8.57. The van der Waals surface area contributed by atoms with E-state index in [1.54, 1.807) is 12.1 Å². The van der Waals surface area contributed by atoms with Crippen molar-refractivity contribution in [2.45, 2.75) is 19.8 Å². The van der Waals surface area contributed by atoms with Crippen LogP contribution in [0.25, 0.3) is 0 Å². The topological polar surface area (TPSA) is 33.0 Å². The van der Waals surface area contributed by atoms with E-state index in [4.69, 9.17) is 10.00 Å². The summed E-state index contributed by atoms with van der Waals surface area (Å²) < 4.78 is 18.5. The molecule has 0 saturated heterocycles. The van der Waals surface area contributed by atoms with Crippen LogP contribution in [0.1, 0.15) is 25.3 Å². The number of hydrogen-bond acceptors (Lipinski definition) is 2. The van der Waals surface area contributed by atoms with E-state index in [2.05, 4.69) is 0 Å². The van der Waals surface area contributed by atoms with Crippen molar-refractivity contribution in [2.75, 3.05) is 6.61 Å². The number of nitrogens with zero attached hydrogens (tertiary/aromatic N) is 1. The van der Waals surface area contributed by atoms with E-state index in [1.165, 1.54) is 12.1 Å². The number of halogens is 1. The number of unbranched alkanes of at least 4 members (excludes halogenated alkanes) is 1. The molecule has 0 heterocycles. The van der Waals surface area contributed by atoms with Crippen molar-refractivity contribution >= 4 is 0 Å². The molecule has 0 aliphatic carbocycles. The molecule has 0 N–H and O–H groups in total. The fraction of sp³-hybridized carbons (Fsp3) is 0.364. The summed E-state index contributed by atoms with van der Waals surface area (Å²) in [6, 6.07) is 6.35. The second-order valence-electron chi connectivity index (χ2n) is 2.93. The van der Waals surface area contributed by atoms with E-state index in [9.17, 15) is 4.39 Å². The summed E-state index contributed by atoms with van der Waals surface area (Å²) in [6.07, 6.45) is 1.88. The minimum absolute atomic E-state index is 0.0269. The SMILES string of the molecule is CCCCOc1cccc(C#N)c1F. The average Bonchev–Trinajstić information content (AvgIpc) is 2.21. The molecule has 0 amide bonds. The fourth-order valence-electron chi connectivity index (χ4n) is 1.04. The highest BCUT2D eigenvalue weighted by molar-refractivity contribution is 5.38. The largest absolute Gasteiger partial charge is 0.490 e. The quantitative estimate of drug-likeness (QED) is 0.689. The molecular weight excluding hydrogens is 181 g/mol. The van der Waals surface area contributed by atoms with Crippen LogP contribution in [0.2, 0.25) is 0 Å². The van der Waals surface area contributed by atoms with Crippen LogP contribution in [0.5, 0.6) is 5.75 Å². The van der Waals surface area contributed by atoms with Crippen LogP contribution in [0.3, 0.4) is 0 Å². The summed E-state index contributed by atoms with van der Waals surface area (Å²) in [7, 11) is 0. The van der Waals surface area contributed by atoms with Crippen molar-refractivity contribution in [2.24, 2.45) is 0 Å². The highest BCUT2D eigenvalue weighted by Gasteiger charge is 2.07. The van der Waals surface area contributed by atoms with Gasteiger partial charge < -0.3 is 4.74 Å². The molecule has 74 valence electrons. The maximum Gasteiger partial charge on any atom is 0.182 e. The normalized spacial score (nSPS) is 9.50. The first-order valence-electron chi connectivity index (χ1n) is 4.61. The van der Waals surface area contributed by atoms with Crippen LogP contribution in [0.15, 0.2) is 18.2 Å². The number of hydrogen-bond donors (Lipinski definition) is 0. The van der Waals surface area contributed by atoms with Gasteiger partial charge in [-0.2, -0.15) is 5.26 Å². The predicted molar refractivity (Wildman–Crippen MR) is 51.5 cm³/mol. The molecule has 2 nitrogen and oxygen atoms in total. The van der Waals surface area contributed by atoms with Gasteiger partial charge in [0, 0.05) is 0 Å². The minimum atomic E-state index is -0.564. The van der Waals surface area contributed by atoms with E-state index in [0.29, 0.717) is 6.61 Å². The van der Waals surface area contributed by atoms with Crippen molar-refractivity contribution in [3.63, 3.8) is 0 Å². The third-order valence-corrected chi connectivity index (χ3v) is 1.84. The summed E-state index contributed by atoms with van der Waals surface area (Å²) in [4.78, 5) is 0. The van der Waals surface area contributed by atoms with Crippen LogP contribution in [0, 0.1) is 17.1 Å². The molecule has 0 bridgehead atoms. The van der Waals surface area contributed by atoms with E-state index in [-0.39, 0.29) is 11.3 Å². The minimum Gasteiger partial charge on any atom is -0.490 e. The van der Waals surface area contributed by atoms with Gasteiger partial charge in [-0.15, -0.1) is 0 Å². The van der Waals surface area contributed by atoms with Crippen molar-refractivity contribution in [1.29, 1.82) is 5.26 Å². The zero-order valence-corrected chi connectivity index (χ0v) is 8.09. The van der Waals surface area contributed by atoms with Crippen LogP contribution in [-0.4, -0.2) is 6.61 Å². The fourth-order valence-corrected chi connectivity index (χ4v) is 1.04. The van der Waals surface area contributed by atoms with Gasteiger partial charge in [-0.05, 0) is 18.6 Å². The molecule has 3 heteroatoms. The van der Waals surface area contributed by atoms with Gasteiger partial charge in [0.15, 0.2) is 11.6 Å². The molecule has 0 spiro atoms. The number of rotatable bonds is 4. The maximum atomic E-state index is 13.4. The van der Waals surface area contributed by atoms with Gasteiger partial charge in [-0.1, -0.05) is 19.4 Å². The van der Waals surface area contributed by atoms with E-state index >= 15 is 0 Å². The number of benzene rings is 1. The molecule has 14 heavy (non-hydrogen) atoms. The standard InChI is InChI=1S/C11H12FNO/c1-2-3-7-14-10-6-4-5-9(8-13)11(10)12/h4-6H,2-3,7H2,1H3. The highest BCUT2D eigenvalue weighted by Crippen LogP contribution is 2.19. The second-order valence-corrected chi connectivity index (χ2v) is 2.93. The molecule has 1 rings (SSSR count). The van der Waals surface area contributed by atoms with Crippen molar-refractivity contribution in [3.05, 3.63) is 29.6 Å². The van der Waals surface area contributed by atoms with Gasteiger partial charge in [-0.25, -0.2) is 4.39 Å². The Hall–Kier alpha value is -1.56. The van der Waals surface area contributed by atoms with Crippen LogP contribution >= 0.6 is 0 Å². The smallest absolute Gasteiger partial charge is 0.182 e. The summed E-state index contributed by atoms with van der Waals surface area (Å²) >= 11 is 0. The lowest BCUT2D eigenvalue weighted by molar-refractivity contribution is 0.294. The van der Waals surface area contributed by atoms with Crippen LogP contribution in [-0.2, 0) is 0 Å². The Morgan fingerprint density at radius 1 is 1.50 bits per heavy atom. The van der Waals surface area contributed by atoms with Gasteiger partial charge in [0.25, 0.3) is 0 Å². The number of ether oxygens (including phenoxy) is 1. The highest BCUT2D eigenvalue weighted by atomic mass is 19.1. The predicted octanol–water partition coefficient (Wildman–Crippen LogP) is 2.88. The molecule has 0 aliphatic rings. The molecule has 0 saturated carbocycles. The van der Waals surface area contributed by atoms with E-state index in [1.807, 2.05) is 6.92 Å². The Kier molecular flexibility index (Phi) is 3.93. The molecule has 1 aromatic carbocycles. The van der Waals surface area contributed by atoms with E-state index in [0.717, 1.165) is 12.8 Å². The summed E-state index contributed by atoms with van der Waals surface area (Å²) in [6.45, 7) is 2.52. The zero-order valence-electron chi connectivity index (χ0n) is 8.09. The van der Waals surface area contributed by atoms with Gasteiger partial charge in [0.05, 0.1) is 12.2 Å². The summed E-state index contributed by atoms with van der Waals surface area (Å²) in [5.41, 5.74) is 0.0269. The number of nitriles is 1. The van der Waals surface area contributed by atoms with Gasteiger partial charge in [-0.3, -0.25) is 0 Å². The van der Waals surface area contributed by atoms with Crippen molar-refractivity contribution in [1.82, 2.24) is 0 Å². The maximum absolute atomic E-state index is 13.4. The van der Waals surface area contributed by atoms with Gasteiger partial charge in [0.2, 0.25) is 0 Å². The molecule has 0 unspecified atom stereocenters. The molecule has 0 radical (unpaired) electrons. The Morgan fingerprint density at radius 3 is 2.93 bits per heavy atom. The van der Waals surface area contributed by atoms with Gasteiger partial charge >= 0.3 is 0 Å². The van der Waals surface area contributed by atoms with Crippen molar-refractivity contribution < 1.29 is 9.13 Å². The first-order chi connectivity index (χ1) is 6.79. The lowest BCUT2D eigenvalue weighted by Gasteiger charge is -2.06. The molecule has 0 atom stereocenters. The average molecular weight is 193 g/mol. The van der Waals surface area contributed by atoms with Crippen LogP contribution < -0.4 is 4.74 Å². The Balaban J connectivity index is 2.73. The molecule has 1 aromatic rings. The lowest BCUT2D eigenvalue weighted by Crippen LogP contribution is -1.99. The monoisotopic (exact) mass is 193 g/mol. The van der Waals surface area contributed by atoms with Crippen LogP contribution in [0.4, 0.5) is 4.39 Å². The Bertz CT molecular complexity index is 344. The van der Waals surface area contributed by atoms with Crippen molar-refractivity contribution in [3.8, 4) is 11.8 Å². The first-order valence-corrected chi connectivity index (χ1v) is 4.61. The molecular formula is C11H12FNO. The summed E-state index contributed by atoms with van der Waals surface area (Å²) in [5.74, 6) is -0.399. The second kappa shape index (κ2) is 5.23. The Morgan fingerprint density at radius 2 is 2.29 bits per heavy atom. The zero-order chi connectivity index (χ0) is 10.4. The Labute approximate surface area is 82.9 Å². The molecule has 0 fully saturated rings. The van der Waals surface area contributed by atoms with E-state index < -0.39 is 5.82 Å². The molecule has 0 aliphatic heterocycles. The third-order valence-electron chi connectivity index (χ3n) is 1.84. The first kappa shape index (κ1) is 10.5. The van der Waals surface area contributed by atoms with Gasteiger partial charge in [0.1, 0.15) is 6.07 Å². The lowest BCUT2D eigenvalue weighted by atomic mass is 10.2. The molecule has 0 aromatic heterocycles.